The van der Waals surface area contributed by atoms with Crippen molar-refractivity contribution in [1.82, 2.24) is 0 Å². The van der Waals surface area contributed by atoms with E-state index in [-0.39, 0.29) is 11.7 Å². The van der Waals surface area contributed by atoms with Gasteiger partial charge in [0.25, 0.3) is 0 Å². The van der Waals surface area contributed by atoms with Crippen LogP contribution in [0.3, 0.4) is 0 Å². The summed E-state index contributed by atoms with van der Waals surface area (Å²) in [6.45, 7) is 0. The number of furan rings is 1. The highest BCUT2D eigenvalue weighted by Crippen LogP contribution is 2.19. The molecule has 0 fully saturated rings. The Morgan fingerprint density at radius 3 is 2.85 bits per heavy atom. The van der Waals surface area contributed by atoms with E-state index >= 15 is 0 Å². The standard InChI is InChI=1S/C10H7ClO2/c11-6-8(12)10-5-7-3-1-2-4-9(7)13-10/h1-5H,6H2. The molecule has 0 unspecified atom stereocenters. The first-order valence-electron chi connectivity index (χ1n) is 3.89. The van der Waals surface area contributed by atoms with Crippen LogP contribution in [-0.2, 0) is 0 Å². The summed E-state index contributed by atoms with van der Waals surface area (Å²) in [5.74, 6) is 0.105. The average molecular weight is 195 g/mol. The third kappa shape index (κ3) is 1.45. The lowest BCUT2D eigenvalue weighted by molar-refractivity contribution is 0.0993. The van der Waals surface area contributed by atoms with Gasteiger partial charge in [-0.05, 0) is 12.1 Å². The number of benzene rings is 1. The van der Waals surface area contributed by atoms with Crippen LogP contribution in [0.2, 0.25) is 0 Å². The summed E-state index contributed by atoms with van der Waals surface area (Å²) in [4.78, 5) is 11.2. The summed E-state index contributed by atoms with van der Waals surface area (Å²) < 4.78 is 5.29. The maximum absolute atomic E-state index is 11.2. The van der Waals surface area contributed by atoms with Crippen molar-refractivity contribution in [3.63, 3.8) is 0 Å². The molecule has 0 aliphatic carbocycles. The fourth-order valence-corrected chi connectivity index (χ4v) is 1.32. The molecule has 2 nitrogen and oxygen atoms in total. The molecule has 2 aromatic rings. The number of para-hydroxylation sites is 1. The van der Waals surface area contributed by atoms with E-state index in [1.807, 2.05) is 24.3 Å². The highest BCUT2D eigenvalue weighted by molar-refractivity contribution is 6.30. The number of hydrogen-bond donors (Lipinski definition) is 0. The van der Waals surface area contributed by atoms with Gasteiger partial charge in [0.15, 0.2) is 5.76 Å². The monoisotopic (exact) mass is 194 g/mol. The zero-order chi connectivity index (χ0) is 9.26. The van der Waals surface area contributed by atoms with E-state index in [2.05, 4.69) is 0 Å². The molecular formula is C10H7ClO2. The van der Waals surface area contributed by atoms with Crippen LogP contribution in [0, 0.1) is 0 Å². The van der Waals surface area contributed by atoms with Crippen LogP contribution < -0.4 is 0 Å². The van der Waals surface area contributed by atoms with Gasteiger partial charge in [-0.25, -0.2) is 0 Å². The third-order valence-corrected chi connectivity index (χ3v) is 2.06. The minimum atomic E-state index is -0.183. The molecule has 1 aromatic heterocycles. The molecular weight excluding hydrogens is 188 g/mol. The van der Waals surface area contributed by atoms with Crippen LogP contribution in [-0.4, -0.2) is 11.7 Å². The summed E-state index contributed by atoms with van der Waals surface area (Å²) in [6, 6.07) is 9.18. The molecule has 1 aromatic carbocycles. The SMILES string of the molecule is O=C(CCl)c1cc2ccccc2o1. The highest BCUT2D eigenvalue weighted by atomic mass is 35.5. The largest absolute Gasteiger partial charge is 0.453 e. The number of halogens is 1. The summed E-state index contributed by atoms with van der Waals surface area (Å²) in [5, 5.41) is 0.927. The summed E-state index contributed by atoms with van der Waals surface area (Å²) in [6.07, 6.45) is 0. The van der Waals surface area contributed by atoms with Crippen molar-refractivity contribution < 1.29 is 9.21 Å². The molecule has 0 saturated carbocycles. The van der Waals surface area contributed by atoms with Crippen molar-refractivity contribution in [2.24, 2.45) is 0 Å². The van der Waals surface area contributed by atoms with E-state index in [1.54, 1.807) is 6.07 Å². The molecule has 0 saturated heterocycles. The van der Waals surface area contributed by atoms with E-state index in [9.17, 15) is 4.79 Å². The van der Waals surface area contributed by atoms with E-state index in [0.717, 1.165) is 11.0 Å². The molecule has 1 heterocycles. The second kappa shape index (κ2) is 3.23. The molecule has 13 heavy (non-hydrogen) atoms. The summed E-state index contributed by atoms with van der Waals surface area (Å²) in [5.41, 5.74) is 0.718. The van der Waals surface area contributed by atoms with Gasteiger partial charge in [0.1, 0.15) is 5.58 Å². The Morgan fingerprint density at radius 2 is 2.15 bits per heavy atom. The Hall–Kier alpha value is -1.28. The maximum Gasteiger partial charge on any atom is 0.212 e. The van der Waals surface area contributed by atoms with Crippen molar-refractivity contribution >= 4 is 28.4 Å². The number of fused-ring (bicyclic) bond motifs is 1. The minimum Gasteiger partial charge on any atom is -0.453 e. The van der Waals surface area contributed by atoms with Crippen LogP contribution in [0.1, 0.15) is 10.6 Å². The summed E-state index contributed by atoms with van der Waals surface area (Å²) >= 11 is 5.40. The lowest BCUT2D eigenvalue weighted by atomic mass is 10.2. The number of carbonyl (C=O) groups is 1. The molecule has 0 spiro atoms. The number of ketones is 1. The Kier molecular flexibility index (Phi) is 2.07. The zero-order valence-corrected chi connectivity index (χ0v) is 7.54. The molecule has 0 radical (unpaired) electrons. The first-order valence-corrected chi connectivity index (χ1v) is 4.42. The van der Waals surface area contributed by atoms with Crippen molar-refractivity contribution in [2.75, 3.05) is 5.88 Å². The zero-order valence-electron chi connectivity index (χ0n) is 6.79. The predicted molar refractivity (Wildman–Crippen MR) is 51.3 cm³/mol. The normalized spacial score (nSPS) is 10.5. The van der Waals surface area contributed by atoms with Crippen LogP contribution >= 0.6 is 11.6 Å². The van der Waals surface area contributed by atoms with E-state index in [0.29, 0.717) is 5.76 Å². The number of rotatable bonds is 2. The summed E-state index contributed by atoms with van der Waals surface area (Å²) in [7, 11) is 0. The maximum atomic E-state index is 11.2. The van der Waals surface area contributed by atoms with Gasteiger partial charge >= 0.3 is 0 Å². The lowest BCUT2D eigenvalue weighted by Crippen LogP contribution is -1.96. The smallest absolute Gasteiger partial charge is 0.212 e. The molecule has 2 rings (SSSR count). The van der Waals surface area contributed by atoms with Crippen molar-refractivity contribution in [3.05, 3.63) is 36.1 Å². The fourth-order valence-electron chi connectivity index (χ4n) is 1.19. The molecule has 66 valence electrons. The van der Waals surface area contributed by atoms with Crippen LogP contribution in [0.5, 0.6) is 0 Å². The molecule has 0 amide bonds. The van der Waals surface area contributed by atoms with Gasteiger partial charge in [-0.3, -0.25) is 4.79 Å². The lowest BCUT2D eigenvalue weighted by Gasteiger charge is -1.86. The van der Waals surface area contributed by atoms with Gasteiger partial charge in [0.05, 0.1) is 5.88 Å². The molecule has 0 N–H and O–H groups in total. The van der Waals surface area contributed by atoms with Crippen molar-refractivity contribution in [2.45, 2.75) is 0 Å². The molecule has 0 aliphatic rings. The average Bonchev–Trinajstić information content (AvgIpc) is 2.59. The number of hydrogen-bond acceptors (Lipinski definition) is 2. The highest BCUT2D eigenvalue weighted by Gasteiger charge is 2.09. The van der Waals surface area contributed by atoms with Gasteiger partial charge in [-0.2, -0.15) is 0 Å². The number of Topliss-reactive ketones (excluding diaryl/α,β-unsaturated/α-hetero) is 1. The van der Waals surface area contributed by atoms with E-state index in [1.165, 1.54) is 0 Å². The van der Waals surface area contributed by atoms with E-state index in [4.69, 9.17) is 16.0 Å². The number of alkyl halides is 1. The Labute approximate surface area is 80.1 Å². The Bertz CT molecular complexity index is 412. The topological polar surface area (TPSA) is 30.2 Å². The molecule has 0 bridgehead atoms. The first kappa shape index (κ1) is 8.32. The van der Waals surface area contributed by atoms with Gasteiger partial charge in [-0.1, -0.05) is 18.2 Å². The second-order valence-corrected chi connectivity index (χ2v) is 2.97. The molecule has 3 heteroatoms. The van der Waals surface area contributed by atoms with Crippen LogP contribution in [0.25, 0.3) is 11.0 Å². The van der Waals surface area contributed by atoms with E-state index < -0.39 is 0 Å². The quantitative estimate of drug-likeness (QED) is 0.544. The van der Waals surface area contributed by atoms with Gasteiger partial charge in [0, 0.05) is 5.39 Å². The molecule has 0 atom stereocenters. The first-order chi connectivity index (χ1) is 6.31. The van der Waals surface area contributed by atoms with Gasteiger partial charge in [0.2, 0.25) is 5.78 Å². The van der Waals surface area contributed by atoms with Crippen LogP contribution in [0.15, 0.2) is 34.7 Å². The Morgan fingerprint density at radius 1 is 1.38 bits per heavy atom. The second-order valence-electron chi connectivity index (χ2n) is 2.71. The minimum absolute atomic E-state index is 0.0418. The van der Waals surface area contributed by atoms with Gasteiger partial charge < -0.3 is 4.42 Å². The van der Waals surface area contributed by atoms with Crippen LogP contribution in [0.4, 0.5) is 0 Å². The fraction of sp³-hybridized carbons (Fsp3) is 0.100. The Balaban J connectivity index is 2.56. The molecule has 0 aliphatic heterocycles. The predicted octanol–water partition coefficient (Wildman–Crippen LogP) is 2.85. The van der Waals surface area contributed by atoms with Gasteiger partial charge in [-0.15, -0.1) is 11.6 Å². The van der Waals surface area contributed by atoms with Crippen molar-refractivity contribution in [1.29, 1.82) is 0 Å². The van der Waals surface area contributed by atoms with Crippen molar-refractivity contribution in [3.8, 4) is 0 Å². The third-order valence-electron chi connectivity index (χ3n) is 1.82. The number of carbonyl (C=O) groups excluding carboxylic acids is 1.